The first kappa shape index (κ1) is 21.9. The number of hydrogen-bond acceptors (Lipinski definition) is 5. The summed E-state index contributed by atoms with van der Waals surface area (Å²) >= 11 is 0. The molecule has 5 rings (SSSR count). The average Bonchev–Trinajstić information content (AvgIpc) is 3.44. The van der Waals surface area contributed by atoms with Crippen LogP contribution in [-0.4, -0.2) is 58.0 Å². The number of nitrogens with one attached hydrogen (secondary N) is 1. The van der Waals surface area contributed by atoms with E-state index >= 15 is 0 Å². The van der Waals surface area contributed by atoms with E-state index in [1.54, 1.807) is 19.2 Å². The first-order valence-electron chi connectivity index (χ1n) is 11.4. The van der Waals surface area contributed by atoms with Gasteiger partial charge in [-0.25, -0.2) is 4.79 Å². The maximum atomic E-state index is 11.4. The number of aromatic amines is 1. The number of aliphatic hydroxyl groups excluding tert-OH is 1. The van der Waals surface area contributed by atoms with Crippen LogP contribution in [0.2, 0.25) is 0 Å². The number of ether oxygens (including phenoxy) is 2. The fourth-order valence-electron chi connectivity index (χ4n) is 5.56. The summed E-state index contributed by atoms with van der Waals surface area (Å²) in [5.74, 6) is -0.0793. The minimum Gasteiger partial charge on any atom is -0.496 e. The minimum atomic E-state index is -0.938. The summed E-state index contributed by atoms with van der Waals surface area (Å²) in [6.45, 7) is 4.07. The molecule has 33 heavy (non-hydrogen) atoms. The summed E-state index contributed by atoms with van der Waals surface area (Å²) in [6, 6.07) is 11.2. The number of aryl methyl sites for hydroxylation is 1. The summed E-state index contributed by atoms with van der Waals surface area (Å²) in [4.78, 5) is 17.1. The van der Waals surface area contributed by atoms with Crippen LogP contribution in [0, 0.1) is 6.92 Å². The van der Waals surface area contributed by atoms with Crippen molar-refractivity contribution >= 4 is 16.9 Å². The van der Waals surface area contributed by atoms with Crippen LogP contribution in [0.4, 0.5) is 0 Å². The number of carboxylic acids is 1. The molecular formula is C26H30N2O5. The topological polar surface area (TPSA) is 95.0 Å². The summed E-state index contributed by atoms with van der Waals surface area (Å²) in [6.07, 6.45) is 3.54. The molecule has 3 N–H and O–H groups in total. The highest BCUT2D eigenvalue weighted by atomic mass is 16.5. The fourth-order valence-corrected chi connectivity index (χ4v) is 5.56. The van der Waals surface area contributed by atoms with E-state index in [1.807, 2.05) is 18.3 Å². The van der Waals surface area contributed by atoms with E-state index in [1.165, 1.54) is 0 Å². The Labute approximate surface area is 192 Å². The van der Waals surface area contributed by atoms with E-state index in [-0.39, 0.29) is 11.6 Å². The number of carboxylic acid groups (broad SMARTS) is 1. The average molecular weight is 451 g/mol. The van der Waals surface area contributed by atoms with Gasteiger partial charge in [0.1, 0.15) is 5.75 Å². The third kappa shape index (κ3) is 3.80. The molecule has 174 valence electrons. The molecule has 2 aliphatic heterocycles. The van der Waals surface area contributed by atoms with Gasteiger partial charge in [-0.3, -0.25) is 4.90 Å². The molecule has 3 heterocycles. The van der Waals surface area contributed by atoms with Crippen molar-refractivity contribution in [2.75, 3.05) is 20.3 Å². The number of aromatic nitrogens is 1. The Bertz CT molecular complexity index is 1170. The zero-order valence-corrected chi connectivity index (χ0v) is 19.0. The standard InChI is InChI=1S/C26H30N2O5/c1-16-13-22(32-2)20(19-7-10-27-24(16)19)15-28-11-9-26(23(29)8-12-33-26)14-21(28)17-3-5-18(6-4-17)25(30)31/h3-7,10,13,21,23,27,29H,8-9,11-12,14-15H2,1-2H3,(H,30,31)/t21-,23?,26?/m0/s1. The molecule has 0 aliphatic carbocycles. The number of likely N-dealkylation sites (tertiary alicyclic amines) is 1. The number of aliphatic hydroxyl groups is 1. The number of methoxy groups -OCH3 is 1. The maximum Gasteiger partial charge on any atom is 0.335 e. The van der Waals surface area contributed by atoms with Crippen molar-refractivity contribution in [3.05, 3.63) is 64.8 Å². The van der Waals surface area contributed by atoms with Crippen LogP contribution in [0.15, 0.2) is 42.6 Å². The van der Waals surface area contributed by atoms with E-state index in [4.69, 9.17) is 9.47 Å². The molecule has 2 unspecified atom stereocenters. The van der Waals surface area contributed by atoms with Crippen LogP contribution in [0.25, 0.3) is 10.9 Å². The number of aromatic carboxylic acids is 1. The number of piperidine rings is 1. The zero-order valence-electron chi connectivity index (χ0n) is 19.0. The molecule has 3 aromatic rings. The van der Waals surface area contributed by atoms with E-state index in [0.29, 0.717) is 26.0 Å². The molecule has 2 aromatic carbocycles. The predicted molar refractivity (Wildman–Crippen MR) is 125 cm³/mol. The van der Waals surface area contributed by atoms with Gasteiger partial charge in [-0.05, 0) is 61.6 Å². The minimum absolute atomic E-state index is 0.0191. The van der Waals surface area contributed by atoms with Crippen molar-refractivity contribution < 1.29 is 24.5 Å². The maximum absolute atomic E-state index is 11.4. The second kappa shape index (κ2) is 8.48. The molecule has 2 aliphatic rings. The van der Waals surface area contributed by atoms with Crippen molar-refractivity contribution in [3.8, 4) is 5.75 Å². The Balaban J connectivity index is 1.53. The summed E-state index contributed by atoms with van der Waals surface area (Å²) in [5.41, 5.74) is 4.11. The first-order valence-corrected chi connectivity index (χ1v) is 11.4. The quantitative estimate of drug-likeness (QED) is 0.543. The summed E-state index contributed by atoms with van der Waals surface area (Å²) in [7, 11) is 1.70. The fraction of sp³-hybridized carbons (Fsp3) is 0.423. The predicted octanol–water partition coefficient (Wildman–Crippen LogP) is 4.04. The number of benzene rings is 2. The van der Waals surface area contributed by atoms with Crippen molar-refractivity contribution in [2.45, 2.75) is 50.5 Å². The molecule has 7 nitrogen and oxygen atoms in total. The van der Waals surface area contributed by atoms with Crippen molar-refractivity contribution in [2.24, 2.45) is 0 Å². The molecule has 1 aromatic heterocycles. The lowest BCUT2D eigenvalue weighted by Gasteiger charge is -2.46. The normalized spacial score (nSPS) is 25.7. The molecule has 7 heteroatoms. The smallest absolute Gasteiger partial charge is 0.335 e. The van der Waals surface area contributed by atoms with Crippen LogP contribution in [-0.2, 0) is 11.3 Å². The molecule has 0 bridgehead atoms. The lowest BCUT2D eigenvalue weighted by molar-refractivity contribution is -0.112. The Hall–Kier alpha value is -2.87. The molecule has 0 amide bonds. The van der Waals surface area contributed by atoms with E-state index in [9.17, 15) is 15.0 Å². The molecule has 3 atom stereocenters. The van der Waals surface area contributed by atoms with Gasteiger partial charge in [0.2, 0.25) is 0 Å². The van der Waals surface area contributed by atoms with Crippen molar-refractivity contribution in [1.29, 1.82) is 0 Å². The highest BCUT2D eigenvalue weighted by Crippen LogP contribution is 2.45. The highest BCUT2D eigenvalue weighted by Gasteiger charge is 2.49. The van der Waals surface area contributed by atoms with Gasteiger partial charge in [0.05, 0.1) is 31.0 Å². The number of rotatable bonds is 5. The van der Waals surface area contributed by atoms with Crippen LogP contribution >= 0.6 is 0 Å². The molecular weight excluding hydrogens is 420 g/mol. The number of fused-ring (bicyclic) bond motifs is 1. The monoisotopic (exact) mass is 450 g/mol. The summed E-state index contributed by atoms with van der Waals surface area (Å²) < 4.78 is 11.9. The van der Waals surface area contributed by atoms with Crippen LogP contribution in [0.1, 0.15) is 52.4 Å². The van der Waals surface area contributed by atoms with Crippen molar-refractivity contribution in [3.63, 3.8) is 0 Å². The van der Waals surface area contributed by atoms with Crippen LogP contribution in [0.5, 0.6) is 5.75 Å². The first-order chi connectivity index (χ1) is 15.9. The number of nitrogens with zero attached hydrogens (tertiary/aromatic N) is 1. The van der Waals surface area contributed by atoms with Crippen LogP contribution in [0.3, 0.4) is 0 Å². The van der Waals surface area contributed by atoms with Gasteiger partial charge in [0.15, 0.2) is 0 Å². The molecule has 0 radical (unpaired) electrons. The third-order valence-electron chi connectivity index (χ3n) is 7.42. The third-order valence-corrected chi connectivity index (χ3v) is 7.42. The van der Waals surface area contributed by atoms with Gasteiger partial charge in [-0.1, -0.05) is 12.1 Å². The zero-order chi connectivity index (χ0) is 23.2. The summed E-state index contributed by atoms with van der Waals surface area (Å²) in [5, 5.41) is 21.2. The Morgan fingerprint density at radius 2 is 2.09 bits per heavy atom. The molecule has 2 saturated heterocycles. The molecule has 0 saturated carbocycles. The molecule has 2 fully saturated rings. The largest absolute Gasteiger partial charge is 0.496 e. The Morgan fingerprint density at radius 1 is 1.30 bits per heavy atom. The number of carbonyl (C=O) groups is 1. The Kier molecular flexibility index (Phi) is 5.64. The lowest BCUT2D eigenvalue weighted by atomic mass is 9.79. The van der Waals surface area contributed by atoms with Gasteiger partial charge in [-0.2, -0.15) is 0 Å². The second-order valence-corrected chi connectivity index (χ2v) is 9.23. The van der Waals surface area contributed by atoms with Gasteiger partial charge < -0.3 is 24.7 Å². The molecule has 1 spiro atoms. The van der Waals surface area contributed by atoms with Gasteiger partial charge in [0, 0.05) is 41.8 Å². The van der Waals surface area contributed by atoms with E-state index < -0.39 is 17.7 Å². The number of hydrogen-bond donors (Lipinski definition) is 3. The van der Waals surface area contributed by atoms with Crippen LogP contribution < -0.4 is 4.74 Å². The van der Waals surface area contributed by atoms with E-state index in [2.05, 4.69) is 28.9 Å². The Morgan fingerprint density at radius 3 is 2.76 bits per heavy atom. The second-order valence-electron chi connectivity index (χ2n) is 9.23. The van der Waals surface area contributed by atoms with Gasteiger partial charge >= 0.3 is 5.97 Å². The van der Waals surface area contributed by atoms with Gasteiger partial charge in [-0.15, -0.1) is 0 Å². The van der Waals surface area contributed by atoms with Crippen molar-refractivity contribution in [1.82, 2.24) is 9.88 Å². The lowest BCUT2D eigenvalue weighted by Crippen LogP contribution is -2.50. The van der Waals surface area contributed by atoms with Gasteiger partial charge in [0.25, 0.3) is 0 Å². The SMILES string of the molecule is COc1cc(C)c2[nH]ccc2c1CN1CCC2(C[C@H]1c1ccc(C(=O)O)cc1)OCCC2O. The van der Waals surface area contributed by atoms with E-state index in [0.717, 1.165) is 46.3 Å². The highest BCUT2D eigenvalue weighted by molar-refractivity contribution is 5.88. The number of H-pyrrole nitrogens is 1.